The van der Waals surface area contributed by atoms with Gasteiger partial charge in [0.25, 0.3) is 0 Å². The normalized spacial score (nSPS) is 24.6. The summed E-state index contributed by atoms with van der Waals surface area (Å²) in [7, 11) is 0. The van der Waals surface area contributed by atoms with Crippen molar-refractivity contribution in [3.63, 3.8) is 0 Å². The third kappa shape index (κ3) is 5.59. The summed E-state index contributed by atoms with van der Waals surface area (Å²) in [6, 6.07) is 7.26. The Morgan fingerprint density at radius 1 is 1.21 bits per heavy atom. The maximum Gasteiger partial charge on any atom is 0.408 e. The van der Waals surface area contributed by atoms with Crippen LogP contribution in [0.2, 0.25) is 0 Å². The second-order valence-corrected chi connectivity index (χ2v) is 8.65. The van der Waals surface area contributed by atoms with Crippen molar-refractivity contribution < 1.29 is 14.3 Å². The maximum atomic E-state index is 12.5. The molecule has 3 rings (SSSR count). The predicted molar refractivity (Wildman–Crippen MR) is 112 cm³/mol. The van der Waals surface area contributed by atoms with E-state index in [0.29, 0.717) is 18.0 Å². The molecule has 0 aromatic carbocycles. The zero-order valence-electron chi connectivity index (χ0n) is 17.5. The van der Waals surface area contributed by atoms with Crippen LogP contribution in [-0.4, -0.2) is 33.8 Å². The second kappa shape index (κ2) is 8.68. The van der Waals surface area contributed by atoms with Crippen molar-refractivity contribution >= 4 is 11.8 Å². The van der Waals surface area contributed by atoms with Crippen LogP contribution in [0.1, 0.15) is 52.0 Å². The van der Waals surface area contributed by atoms with Crippen LogP contribution < -0.4 is 15.8 Å². The van der Waals surface area contributed by atoms with Crippen LogP contribution in [0.15, 0.2) is 42.9 Å². The average molecular weight is 399 g/mol. The number of pyridine rings is 2. The standard InChI is InChI=1S/C22H30N4O3/c1-14-11-15(16-8-10-24-13-17(16)23)12-18(26-21(27)29-22(2,3)4)20(14)28-19-7-5-6-9-25-19/h5-10,13-15,18,20H,11-12,23H2,1-4H3,(H,26,27)/t14-,15?,18-,20-/m1/s1. The van der Waals surface area contributed by atoms with Crippen molar-refractivity contribution in [2.75, 3.05) is 5.73 Å². The molecule has 1 aliphatic rings. The lowest BCUT2D eigenvalue weighted by molar-refractivity contribution is 0.0261. The number of hydrogen-bond acceptors (Lipinski definition) is 6. The number of anilines is 1. The summed E-state index contributed by atoms with van der Waals surface area (Å²) in [5.41, 5.74) is 7.32. The highest BCUT2D eigenvalue weighted by Crippen LogP contribution is 2.39. The van der Waals surface area contributed by atoms with Crippen LogP contribution in [0.3, 0.4) is 0 Å². The van der Waals surface area contributed by atoms with Gasteiger partial charge in [0.05, 0.1) is 17.9 Å². The highest BCUT2D eigenvalue weighted by Gasteiger charge is 2.40. The highest BCUT2D eigenvalue weighted by atomic mass is 16.6. The summed E-state index contributed by atoms with van der Waals surface area (Å²) in [4.78, 5) is 20.9. The molecule has 1 saturated carbocycles. The van der Waals surface area contributed by atoms with E-state index in [1.54, 1.807) is 18.6 Å². The van der Waals surface area contributed by atoms with E-state index in [9.17, 15) is 4.79 Å². The van der Waals surface area contributed by atoms with Crippen molar-refractivity contribution in [1.82, 2.24) is 15.3 Å². The topological polar surface area (TPSA) is 99.4 Å². The van der Waals surface area contributed by atoms with Gasteiger partial charge < -0.3 is 20.5 Å². The number of aromatic nitrogens is 2. The number of nitrogen functional groups attached to an aromatic ring is 1. The summed E-state index contributed by atoms with van der Waals surface area (Å²) >= 11 is 0. The summed E-state index contributed by atoms with van der Waals surface area (Å²) in [5, 5.41) is 3.02. The molecule has 0 bridgehead atoms. The Hall–Kier alpha value is -2.83. The molecule has 3 N–H and O–H groups in total. The minimum atomic E-state index is -0.573. The Morgan fingerprint density at radius 2 is 2.00 bits per heavy atom. The third-order valence-corrected chi connectivity index (χ3v) is 5.08. The first kappa shape index (κ1) is 20.9. The molecule has 1 fully saturated rings. The van der Waals surface area contributed by atoms with Gasteiger partial charge in [0.15, 0.2) is 0 Å². The summed E-state index contributed by atoms with van der Waals surface area (Å²) < 4.78 is 11.7. The van der Waals surface area contributed by atoms with Crippen molar-refractivity contribution in [2.24, 2.45) is 5.92 Å². The van der Waals surface area contributed by atoms with Crippen LogP contribution in [0.25, 0.3) is 0 Å². The first-order chi connectivity index (χ1) is 13.7. The van der Waals surface area contributed by atoms with E-state index in [1.165, 1.54) is 0 Å². The van der Waals surface area contributed by atoms with Gasteiger partial charge >= 0.3 is 6.09 Å². The van der Waals surface area contributed by atoms with E-state index in [1.807, 2.05) is 45.0 Å². The second-order valence-electron chi connectivity index (χ2n) is 8.65. The Kier molecular flexibility index (Phi) is 6.25. The van der Waals surface area contributed by atoms with Crippen LogP contribution in [-0.2, 0) is 4.74 Å². The quantitative estimate of drug-likeness (QED) is 0.810. The zero-order valence-corrected chi connectivity index (χ0v) is 17.5. The fourth-order valence-electron chi connectivity index (χ4n) is 3.91. The van der Waals surface area contributed by atoms with Gasteiger partial charge in [0.1, 0.15) is 11.7 Å². The lowest BCUT2D eigenvalue weighted by atomic mass is 9.74. The summed E-state index contributed by atoms with van der Waals surface area (Å²) in [6.45, 7) is 7.66. The van der Waals surface area contributed by atoms with E-state index in [2.05, 4.69) is 22.2 Å². The number of amides is 1. The summed E-state index contributed by atoms with van der Waals surface area (Å²) in [5.74, 6) is 0.905. The number of nitrogens with one attached hydrogen (secondary N) is 1. The predicted octanol–water partition coefficient (Wildman–Crippen LogP) is 3.91. The maximum absolute atomic E-state index is 12.5. The molecule has 2 aromatic heterocycles. The molecule has 7 heteroatoms. The molecule has 0 radical (unpaired) electrons. The van der Waals surface area contributed by atoms with Gasteiger partial charge in [-0.05, 0) is 63.1 Å². The Bertz CT molecular complexity index is 822. The molecule has 1 unspecified atom stereocenters. The fraction of sp³-hybridized carbons (Fsp3) is 0.500. The molecular weight excluding hydrogens is 368 g/mol. The molecule has 0 spiro atoms. The van der Waals surface area contributed by atoms with Gasteiger partial charge in [-0.25, -0.2) is 9.78 Å². The number of ether oxygens (including phenoxy) is 2. The van der Waals surface area contributed by atoms with Crippen LogP contribution >= 0.6 is 0 Å². The van der Waals surface area contributed by atoms with Crippen molar-refractivity contribution in [3.05, 3.63) is 48.4 Å². The van der Waals surface area contributed by atoms with Gasteiger partial charge in [-0.3, -0.25) is 4.98 Å². The van der Waals surface area contributed by atoms with E-state index >= 15 is 0 Å². The lowest BCUT2D eigenvalue weighted by Gasteiger charge is -2.41. The van der Waals surface area contributed by atoms with Gasteiger partial charge in [-0.1, -0.05) is 13.0 Å². The van der Waals surface area contributed by atoms with Crippen LogP contribution in [0, 0.1) is 5.92 Å². The van der Waals surface area contributed by atoms with E-state index < -0.39 is 11.7 Å². The molecule has 0 aliphatic heterocycles. The number of carbonyl (C=O) groups excluding carboxylic acids is 1. The minimum absolute atomic E-state index is 0.170. The SMILES string of the molecule is C[C@@H]1CC(c2ccncc2N)C[C@@H](NC(=O)OC(C)(C)C)[C@@H]1Oc1ccccn1. The molecule has 2 heterocycles. The Morgan fingerprint density at radius 3 is 2.66 bits per heavy atom. The van der Waals surface area contributed by atoms with E-state index in [4.69, 9.17) is 15.2 Å². The van der Waals surface area contributed by atoms with E-state index in [-0.39, 0.29) is 24.0 Å². The first-order valence-electron chi connectivity index (χ1n) is 9.99. The van der Waals surface area contributed by atoms with E-state index in [0.717, 1.165) is 12.0 Å². The zero-order chi connectivity index (χ0) is 21.0. The average Bonchev–Trinajstić information content (AvgIpc) is 2.64. The van der Waals surface area contributed by atoms with Crippen molar-refractivity contribution in [3.8, 4) is 5.88 Å². The number of alkyl carbamates (subject to hydrolysis) is 1. The van der Waals surface area contributed by atoms with Gasteiger partial charge in [-0.2, -0.15) is 0 Å². The Labute approximate surface area is 172 Å². The van der Waals surface area contributed by atoms with Gasteiger partial charge in [-0.15, -0.1) is 0 Å². The first-order valence-corrected chi connectivity index (χ1v) is 9.99. The number of nitrogens with two attached hydrogens (primary N) is 1. The van der Waals surface area contributed by atoms with Crippen molar-refractivity contribution in [2.45, 2.75) is 64.2 Å². The molecule has 1 aliphatic carbocycles. The third-order valence-electron chi connectivity index (χ3n) is 5.08. The highest BCUT2D eigenvalue weighted by molar-refractivity contribution is 5.68. The Balaban J connectivity index is 1.82. The van der Waals surface area contributed by atoms with Gasteiger partial charge in [0.2, 0.25) is 5.88 Å². The summed E-state index contributed by atoms with van der Waals surface area (Å²) in [6.07, 6.45) is 6.02. The number of hydrogen-bond donors (Lipinski definition) is 2. The molecule has 0 saturated heterocycles. The number of rotatable bonds is 4. The molecule has 1 amide bonds. The number of carbonyl (C=O) groups is 1. The minimum Gasteiger partial charge on any atom is -0.472 e. The molecule has 4 atom stereocenters. The lowest BCUT2D eigenvalue weighted by Crippen LogP contribution is -2.53. The monoisotopic (exact) mass is 398 g/mol. The smallest absolute Gasteiger partial charge is 0.408 e. The molecule has 2 aromatic rings. The van der Waals surface area contributed by atoms with Gasteiger partial charge in [0, 0.05) is 18.5 Å². The van der Waals surface area contributed by atoms with Crippen LogP contribution in [0.5, 0.6) is 5.88 Å². The molecule has 7 nitrogen and oxygen atoms in total. The molecular formula is C22H30N4O3. The molecule has 156 valence electrons. The van der Waals surface area contributed by atoms with Crippen molar-refractivity contribution in [1.29, 1.82) is 0 Å². The largest absolute Gasteiger partial charge is 0.472 e. The van der Waals surface area contributed by atoms with Crippen LogP contribution in [0.4, 0.5) is 10.5 Å². The molecule has 29 heavy (non-hydrogen) atoms. The number of nitrogens with zero attached hydrogens (tertiary/aromatic N) is 2. The fourth-order valence-corrected chi connectivity index (χ4v) is 3.91.